The van der Waals surface area contributed by atoms with E-state index in [4.69, 9.17) is 37.0 Å². The second kappa shape index (κ2) is 69.8. The molecule has 0 heterocycles. The lowest BCUT2D eigenvalue weighted by atomic mass is 9.99. The summed E-state index contributed by atoms with van der Waals surface area (Å²) < 4.78 is 68.2. The molecule has 0 radical (unpaired) electrons. The zero-order valence-electron chi connectivity index (χ0n) is 63.4. The maximum atomic E-state index is 13.1. The molecule has 0 aliphatic heterocycles. The average Bonchev–Trinajstić information content (AvgIpc) is 1.23. The standard InChI is InChI=1S/C78H152O17P2/c1-7-11-13-15-16-43-50-56-62-77(82)94-73(66-88-75(80)60-54-46-14-12-8-2)68-92-96(84,85)90-64-72(79)65-91-97(86,87)93-69-74(95-78(83)63-57-51-45-40-36-32-28-24-20-18-22-26-30-34-38-42-48-53-59-71(6)10-4)67-89-76(81)61-55-49-44-39-35-31-27-23-19-17-21-25-29-33-37-41-47-52-58-70(5)9-3/h70-74,79H,7-69H2,1-6H3,(H,84,85)(H,86,87)/t70?,71?,72-,73+,74+/m0/s1. The first-order valence-corrected chi connectivity index (χ1v) is 43.6. The molecule has 0 rings (SSSR count). The first-order chi connectivity index (χ1) is 46.9. The molecule has 0 aromatic heterocycles. The van der Waals surface area contributed by atoms with E-state index in [9.17, 15) is 43.2 Å². The lowest BCUT2D eigenvalue weighted by molar-refractivity contribution is -0.161. The first kappa shape index (κ1) is 95.1. The fourth-order valence-electron chi connectivity index (χ4n) is 11.9. The van der Waals surface area contributed by atoms with Crippen molar-refractivity contribution in [1.82, 2.24) is 0 Å². The van der Waals surface area contributed by atoms with Crippen LogP contribution in [0.5, 0.6) is 0 Å². The third-order valence-corrected chi connectivity index (χ3v) is 20.8. The van der Waals surface area contributed by atoms with Crippen LogP contribution in [0.2, 0.25) is 0 Å². The van der Waals surface area contributed by atoms with Gasteiger partial charge in [0.15, 0.2) is 12.2 Å². The second-order valence-electron chi connectivity index (χ2n) is 28.6. The van der Waals surface area contributed by atoms with E-state index >= 15 is 0 Å². The maximum Gasteiger partial charge on any atom is 0.472 e. The van der Waals surface area contributed by atoms with Crippen molar-refractivity contribution in [1.29, 1.82) is 0 Å². The maximum absolute atomic E-state index is 13.1. The number of unbranched alkanes of at least 4 members (excludes halogenated alkanes) is 45. The van der Waals surface area contributed by atoms with Crippen LogP contribution in [0.25, 0.3) is 0 Å². The third kappa shape index (κ3) is 69.5. The number of phosphoric ester groups is 2. The average molecular weight is 1420 g/mol. The summed E-state index contributed by atoms with van der Waals surface area (Å²) in [6.45, 7) is 9.61. The Morgan fingerprint density at radius 1 is 0.289 bits per heavy atom. The highest BCUT2D eigenvalue weighted by atomic mass is 31.2. The van der Waals surface area contributed by atoms with Gasteiger partial charge in [-0.15, -0.1) is 0 Å². The molecule has 97 heavy (non-hydrogen) atoms. The Morgan fingerprint density at radius 3 is 0.732 bits per heavy atom. The summed E-state index contributed by atoms with van der Waals surface area (Å²) in [5.41, 5.74) is 0. The van der Waals surface area contributed by atoms with Gasteiger partial charge in [0.25, 0.3) is 0 Å². The molecule has 3 N–H and O–H groups in total. The number of carbonyl (C=O) groups is 4. The van der Waals surface area contributed by atoms with Gasteiger partial charge in [0.05, 0.1) is 26.4 Å². The summed E-state index contributed by atoms with van der Waals surface area (Å²) in [5.74, 6) is -0.385. The highest BCUT2D eigenvalue weighted by Crippen LogP contribution is 2.45. The van der Waals surface area contributed by atoms with Crippen molar-refractivity contribution in [3.63, 3.8) is 0 Å². The number of rotatable bonds is 77. The number of ether oxygens (including phenoxy) is 4. The Labute approximate surface area is 594 Å². The predicted octanol–water partition coefficient (Wildman–Crippen LogP) is 23.1. The van der Waals surface area contributed by atoms with Crippen molar-refractivity contribution in [3.8, 4) is 0 Å². The van der Waals surface area contributed by atoms with E-state index in [1.807, 2.05) is 0 Å². The summed E-state index contributed by atoms with van der Waals surface area (Å²) in [6.07, 6.45) is 59.0. The molecule has 0 fully saturated rings. The number of aliphatic hydroxyl groups is 1. The molecule has 0 bridgehead atoms. The number of phosphoric acid groups is 2. The molecular weight excluding hydrogens is 1270 g/mol. The SMILES string of the molecule is CCCCCCCCCCC(=O)O[C@H](COC(=O)CCCCCCC)COP(=O)(O)OC[C@H](O)COP(=O)(O)OC[C@@H](COC(=O)CCCCCCCCCCCCCCCCCCCCC(C)CC)OC(=O)CCCCCCCCCCCCCCCCCCCCC(C)CC. The molecule has 0 aliphatic carbocycles. The largest absolute Gasteiger partial charge is 0.472 e. The number of carbonyl (C=O) groups excluding carboxylic acids is 4. The molecule has 7 atom stereocenters. The first-order valence-electron chi connectivity index (χ1n) is 40.6. The van der Waals surface area contributed by atoms with Crippen molar-refractivity contribution in [2.75, 3.05) is 39.6 Å². The Morgan fingerprint density at radius 2 is 0.495 bits per heavy atom. The van der Waals surface area contributed by atoms with Gasteiger partial charge in [0.2, 0.25) is 0 Å². The van der Waals surface area contributed by atoms with E-state index in [-0.39, 0.29) is 25.7 Å². The van der Waals surface area contributed by atoms with Gasteiger partial charge in [-0.2, -0.15) is 0 Å². The van der Waals surface area contributed by atoms with Gasteiger partial charge in [0, 0.05) is 25.7 Å². The summed E-state index contributed by atoms with van der Waals surface area (Å²) in [5, 5.41) is 10.6. The molecule has 0 saturated carbocycles. The molecule has 576 valence electrons. The minimum atomic E-state index is -4.96. The summed E-state index contributed by atoms with van der Waals surface area (Å²) in [6, 6.07) is 0. The molecule has 0 aromatic carbocycles. The third-order valence-electron chi connectivity index (χ3n) is 18.9. The van der Waals surface area contributed by atoms with Gasteiger partial charge >= 0.3 is 39.5 Å². The fraction of sp³-hybridized carbons (Fsp3) is 0.949. The summed E-state index contributed by atoms with van der Waals surface area (Å²) in [7, 11) is -9.89. The smallest absolute Gasteiger partial charge is 0.462 e. The Bertz CT molecular complexity index is 1880. The number of aliphatic hydroxyl groups excluding tert-OH is 1. The Balaban J connectivity index is 5.05. The summed E-state index contributed by atoms with van der Waals surface area (Å²) in [4.78, 5) is 72.4. The summed E-state index contributed by atoms with van der Waals surface area (Å²) >= 11 is 0. The van der Waals surface area contributed by atoms with Crippen LogP contribution in [0.15, 0.2) is 0 Å². The van der Waals surface area contributed by atoms with E-state index < -0.39 is 97.5 Å². The van der Waals surface area contributed by atoms with E-state index in [1.165, 1.54) is 212 Å². The van der Waals surface area contributed by atoms with Crippen LogP contribution in [0, 0.1) is 11.8 Å². The fourth-order valence-corrected chi connectivity index (χ4v) is 13.5. The minimum Gasteiger partial charge on any atom is -0.462 e. The van der Waals surface area contributed by atoms with Crippen LogP contribution in [0.1, 0.15) is 408 Å². The molecule has 0 spiro atoms. The lowest BCUT2D eigenvalue weighted by Crippen LogP contribution is -2.30. The van der Waals surface area contributed by atoms with Crippen LogP contribution in [0.4, 0.5) is 0 Å². The lowest BCUT2D eigenvalue weighted by Gasteiger charge is -2.21. The van der Waals surface area contributed by atoms with Gasteiger partial charge in [-0.25, -0.2) is 9.13 Å². The molecule has 0 aromatic rings. The molecule has 0 amide bonds. The molecular formula is C78H152O17P2. The molecule has 0 aliphatic rings. The van der Waals surface area contributed by atoms with Crippen molar-refractivity contribution >= 4 is 39.5 Å². The Hall–Kier alpha value is -1.94. The molecule has 17 nitrogen and oxygen atoms in total. The van der Waals surface area contributed by atoms with Crippen LogP contribution in [-0.2, 0) is 65.4 Å². The topological polar surface area (TPSA) is 237 Å². The van der Waals surface area contributed by atoms with Gasteiger partial charge in [0.1, 0.15) is 19.3 Å². The second-order valence-corrected chi connectivity index (χ2v) is 31.5. The van der Waals surface area contributed by atoms with Crippen molar-refractivity contribution in [3.05, 3.63) is 0 Å². The highest BCUT2D eigenvalue weighted by molar-refractivity contribution is 7.47. The van der Waals surface area contributed by atoms with Crippen LogP contribution in [-0.4, -0.2) is 96.7 Å². The van der Waals surface area contributed by atoms with E-state index in [1.54, 1.807) is 0 Å². The van der Waals surface area contributed by atoms with Crippen LogP contribution in [0.3, 0.4) is 0 Å². The van der Waals surface area contributed by atoms with Gasteiger partial charge in [-0.05, 0) is 37.5 Å². The monoisotopic (exact) mass is 1420 g/mol. The van der Waals surface area contributed by atoms with Gasteiger partial charge in [-0.3, -0.25) is 37.3 Å². The molecule has 19 heteroatoms. The van der Waals surface area contributed by atoms with Crippen LogP contribution >= 0.6 is 15.6 Å². The molecule has 4 unspecified atom stereocenters. The molecule has 0 saturated heterocycles. The number of esters is 4. The van der Waals surface area contributed by atoms with E-state index in [2.05, 4.69) is 41.5 Å². The van der Waals surface area contributed by atoms with Gasteiger partial charge in [-0.1, -0.05) is 356 Å². The van der Waals surface area contributed by atoms with E-state index in [0.717, 1.165) is 115 Å². The van der Waals surface area contributed by atoms with Crippen molar-refractivity contribution in [2.45, 2.75) is 426 Å². The zero-order valence-corrected chi connectivity index (χ0v) is 65.2. The minimum absolute atomic E-state index is 0.104. The number of hydrogen-bond donors (Lipinski definition) is 3. The predicted molar refractivity (Wildman–Crippen MR) is 395 cm³/mol. The normalized spacial score (nSPS) is 14.5. The quantitative estimate of drug-likeness (QED) is 0.0222. The van der Waals surface area contributed by atoms with E-state index in [0.29, 0.717) is 25.7 Å². The Kier molecular flexibility index (Phi) is 68.4. The van der Waals surface area contributed by atoms with Crippen LogP contribution < -0.4 is 0 Å². The highest BCUT2D eigenvalue weighted by Gasteiger charge is 2.30. The number of hydrogen-bond acceptors (Lipinski definition) is 15. The van der Waals surface area contributed by atoms with Crippen molar-refractivity contribution < 1.29 is 80.2 Å². The van der Waals surface area contributed by atoms with Gasteiger partial charge < -0.3 is 33.8 Å². The zero-order chi connectivity index (χ0) is 71.4. The van der Waals surface area contributed by atoms with Crippen molar-refractivity contribution in [2.24, 2.45) is 11.8 Å².